The minimum absolute atomic E-state index is 0.245. The van der Waals surface area contributed by atoms with Crippen LogP contribution in [0.25, 0.3) is 0 Å². The number of benzene rings is 2. The van der Waals surface area contributed by atoms with Crippen molar-refractivity contribution >= 4 is 0 Å². The lowest BCUT2D eigenvalue weighted by molar-refractivity contribution is -0.0196. The van der Waals surface area contributed by atoms with Gasteiger partial charge in [-0.2, -0.15) is 0 Å². The summed E-state index contributed by atoms with van der Waals surface area (Å²) in [6.45, 7) is 1.10. The highest BCUT2D eigenvalue weighted by Crippen LogP contribution is 2.56. The molecular weight excluding hydrogens is 346 g/mol. The van der Waals surface area contributed by atoms with E-state index in [1.54, 1.807) is 14.2 Å². The Balaban J connectivity index is 1.71. The van der Waals surface area contributed by atoms with E-state index in [1.807, 2.05) is 18.2 Å². The van der Waals surface area contributed by atoms with Crippen LogP contribution in [0.4, 0.5) is 0 Å². The van der Waals surface area contributed by atoms with E-state index >= 15 is 0 Å². The lowest BCUT2D eigenvalue weighted by Gasteiger charge is -2.46. The quantitative estimate of drug-likeness (QED) is 0.877. The largest absolute Gasteiger partial charge is 0.493 e. The van der Waals surface area contributed by atoms with E-state index in [0.29, 0.717) is 17.9 Å². The molecule has 6 nitrogen and oxygen atoms in total. The van der Waals surface area contributed by atoms with Crippen LogP contribution in [-0.2, 0) is 18.4 Å². The number of nitrogens with zero attached hydrogens (tertiary/aromatic N) is 1. The first kappa shape index (κ1) is 16.7. The standard InChI is InChI=1S/C21H23NO5/c1-22-7-6-12-8-17-18(27-11-26-17)9-15(12)21(22)10-14-13(20(21)23)4-5-16(24-2)19(14)25-3/h4-5,8-9,20,23H,6-7,10-11H2,1-3H3/t20-,21-/m0/s1. The minimum atomic E-state index is -0.670. The maximum atomic E-state index is 11.5. The highest BCUT2D eigenvalue weighted by atomic mass is 16.7. The zero-order valence-corrected chi connectivity index (χ0v) is 15.7. The van der Waals surface area contributed by atoms with Crippen LogP contribution in [0, 0.1) is 0 Å². The van der Waals surface area contributed by atoms with Crippen molar-refractivity contribution in [1.29, 1.82) is 0 Å². The number of hydrogen-bond donors (Lipinski definition) is 1. The third kappa shape index (κ3) is 2.08. The SMILES string of the molecule is COc1ccc2c(c1OC)C[C@]1(c3cc4c(cc3CCN1C)OCO4)[C@H]2O. The molecule has 2 aromatic rings. The number of aliphatic hydroxyl groups is 1. The predicted octanol–water partition coefficient (Wildman–Crippen LogP) is 2.41. The Labute approximate surface area is 158 Å². The lowest BCUT2D eigenvalue weighted by atomic mass is 9.77. The molecule has 2 aliphatic heterocycles. The molecule has 142 valence electrons. The summed E-state index contributed by atoms with van der Waals surface area (Å²) < 4.78 is 22.3. The van der Waals surface area contributed by atoms with Gasteiger partial charge in [0.1, 0.15) is 6.10 Å². The number of hydrogen-bond acceptors (Lipinski definition) is 6. The minimum Gasteiger partial charge on any atom is -0.493 e. The summed E-state index contributed by atoms with van der Waals surface area (Å²) in [6, 6.07) is 7.93. The third-order valence-electron chi connectivity index (χ3n) is 6.34. The van der Waals surface area contributed by atoms with Gasteiger partial charge in [0.15, 0.2) is 23.0 Å². The number of fused-ring (bicyclic) bond motifs is 4. The summed E-state index contributed by atoms with van der Waals surface area (Å²) >= 11 is 0. The number of ether oxygens (including phenoxy) is 4. The maximum absolute atomic E-state index is 11.5. The zero-order valence-electron chi connectivity index (χ0n) is 15.7. The van der Waals surface area contributed by atoms with Crippen molar-refractivity contribution in [3.63, 3.8) is 0 Å². The summed E-state index contributed by atoms with van der Waals surface area (Å²) in [5, 5.41) is 11.5. The van der Waals surface area contributed by atoms with Gasteiger partial charge in [0.25, 0.3) is 0 Å². The summed E-state index contributed by atoms with van der Waals surface area (Å²) in [7, 11) is 5.35. The zero-order chi connectivity index (χ0) is 18.8. The average Bonchev–Trinajstić information content (AvgIpc) is 3.26. The molecule has 0 amide bonds. The Bertz CT molecular complexity index is 927. The molecule has 0 saturated carbocycles. The van der Waals surface area contributed by atoms with Crippen LogP contribution in [0.5, 0.6) is 23.0 Å². The van der Waals surface area contributed by atoms with E-state index in [1.165, 1.54) is 5.56 Å². The van der Waals surface area contributed by atoms with Crippen LogP contribution in [0.15, 0.2) is 24.3 Å². The first-order chi connectivity index (χ1) is 13.1. The van der Waals surface area contributed by atoms with Crippen LogP contribution < -0.4 is 18.9 Å². The van der Waals surface area contributed by atoms with E-state index < -0.39 is 11.6 Å². The molecule has 2 aromatic carbocycles. The van der Waals surface area contributed by atoms with Crippen molar-refractivity contribution in [3.8, 4) is 23.0 Å². The van der Waals surface area contributed by atoms with E-state index in [4.69, 9.17) is 18.9 Å². The van der Waals surface area contributed by atoms with Gasteiger partial charge < -0.3 is 24.1 Å². The molecule has 3 aliphatic rings. The van der Waals surface area contributed by atoms with Gasteiger partial charge in [-0.3, -0.25) is 4.90 Å². The van der Waals surface area contributed by atoms with E-state index in [2.05, 4.69) is 18.0 Å². The maximum Gasteiger partial charge on any atom is 0.231 e. The van der Waals surface area contributed by atoms with Crippen molar-refractivity contribution in [2.75, 3.05) is 34.6 Å². The normalized spacial score (nSPS) is 25.4. The van der Waals surface area contributed by atoms with Gasteiger partial charge in [-0.05, 0) is 48.4 Å². The van der Waals surface area contributed by atoms with Crippen LogP contribution in [-0.4, -0.2) is 44.6 Å². The predicted molar refractivity (Wildman–Crippen MR) is 98.8 cm³/mol. The topological polar surface area (TPSA) is 60.4 Å². The monoisotopic (exact) mass is 369 g/mol. The van der Waals surface area contributed by atoms with Crippen LogP contribution in [0.2, 0.25) is 0 Å². The van der Waals surface area contributed by atoms with Gasteiger partial charge in [-0.15, -0.1) is 0 Å². The summed E-state index contributed by atoms with van der Waals surface area (Å²) in [4.78, 5) is 2.26. The van der Waals surface area contributed by atoms with Crippen LogP contribution in [0.3, 0.4) is 0 Å². The van der Waals surface area contributed by atoms with Crippen molar-refractivity contribution in [2.24, 2.45) is 0 Å². The molecule has 2 atom stereocenters. The molecule has 0 unspecified atom stereocenters. The second kappa shape index (κ2) is 5.78. The molecule has 0 saturated heterocycles. The Hall–Kier alpha value is -2.44. The summed E-state index contributed by atoms with van der Waals surface area (Å²) in [6.07, 6.45) is 0.887. The molecule has 0 bridgehead atoms. The molecule has 27 heavy (non-hydrogen) atoms. The molecule has 1 N–H and O–H groups in total. The fraction of sp³-hybridized carbons (Fsp3) is 0.429. The fourth-order valence-corrected chi connectivity index (χ4v) is 4.94. The van der Waals surface area contributed by atoms with Crippen molar-refractivity contribution < 1.29 is 24.1 Å². The van der Waals surface area contributed by atoms with E-state index in [0.717, 1.165) is 41.2 Å². The van der Waals surface area contributed by atoms with E-state index in [-0.39, 0.29) is 6.79 Å². The second-order valence-corrected chi connectivity index (χ2v) is 7.41. The number of likely N-dealkylation sites (N-methyl/N-ethyl adjacent to an activating group) is 1. The molecule has 1 aliphatic carbocycles. The highest BCUT2D eigenvalue weighted by Gasteiger charge is 2.53. The lowest BCUT2D eigenvalue weighted by Crippen LogP contribution is -2.51. The van der Waals surface area contributed by atoms with Gasteiger partial charge in [-0.25, -0.2) is 0 Å². The fourth-order valence-electron chi connectivity index (χ4n) is 4.94. The molecule has 6 heteroatoms. The number of aliphatic hydroxyl groups excluding tert-OH is 1. The Morgan fingerprint density at radius 2 is 1.93 bits per heavy atom. The molecule has 5 rings (SSSR count). The average molecular weight is 369 g/mol. The van der Waals surface area contributed by atoms with Crippen LogP contribution >= 0.6 is 0 Å². The van der Waals surface area contributed by atoms with Gasteiger partial charge >= 0.3 is 0 Å². The van der Waals surface area contributed by atoms with Crippen molar-refractivity contribution in [3.05, 3.63) is 46.5 Å². The van der Waals surface area contributed by atoms with Gasteiger partial charge in [0.2, 0.25) is 6.79 Å². The molecule has 1 spiro atoms. The Morgan fingerprint density at radius 1 is 1.15 bits per heavy atom. The van der Waals surface area contributed by atoms with Crippen LogP contribution in [0.1, 0.15) is 28.4 Å². The molecule has 2 heterocycles. The number of rotatable bonds is 2. The van der Waals surface area contributed by atoms with Crippen molar-refractivity contribution in [2.45, 2.75) is 24.5 Å². The molecular formula is C21H23NO5. The smallest absolute Gasteiger partial charge is 0.231 e. The molecule has 0 fully saturated rings. The Kier molecular flexibility index (Phi) is 3.58. The van der Waals surface area contributed by atoms with Gasteiger partial charge in [0, 0.05) is 18.5 Å². The number of methoxy groups -OCH3 is 2. The first-order valence-electron chi connectivity index (χ1n) is 9.16. The first-order valence-corrected chi connectivity index (χ1v) is 9.16. The highest BCUT2D eigenvalue weighted by molar-refractivity contribution is 5.60. The molecule has 0 radical (unpaired) electrons. The molecule has 0 aromatic heterocycles. The van der Waals surface area contributed by atoms with Gasteiger partial charge in [0.05, 0.1) is 19.8 Å². The summed E-state index contributed by atoms with van der Waals surface area (Å²) in [5.41, 5.74) is 3.64. The van der Waals surface area contributed by atoms with Crippen molar-refractivity contribution in [1.82, 2.24) is 4.90 Å². The van der Waals surface area contributed by atoms with Gasteiger partial charge in [-0.1, -0.05) is 6.07 Å². The van der Waals surface area contributed by atoms with E-state index in [9.17, 15) is 5.11 Å². The third-order valence-corrected chi connectivity index (χ3v) is 6.34. The summed E-state index contributed by atoms with van der Waals surface area (Å²) in [5.74, 6) is 2.92. The second-order valence-electron chi connectivity index (χ2n) is 7.41. The Morgan fingerprint density at radius 3 is 2.67 bits per heavy atom.